The second-order valence-corrected chi connectivity index (χ2v) is 6.15. The van der Waals surface area contributed by atoms with Crippen LogP contribution in [0.25, 0.3) is 0 Å². The Labute approximate surface area is 121 Å². The maximum Gasteiger partial charge on any atom is 0.0630 e. The highest BCUT2D eigenvalue weighted by atomic mass is 15.3. The lowest BCUT2D eigenvalue weighted by Crippen LogP contribution is -2.26. The van der Waals surface area contributed by atoms with Crippen LogP contribution >= 0.6 is 0 Å². The third-order valence-electron chi connectivity index (χ3n) is 4.09. The molecule has 1 aliphatic rings. The molecule has 2 unspecified atom stereocenters. The standard InChI is InChI=1S/C17H23N3/c1-12(2)20-9-8-15(19-20)11-14-10-13(3)18-17-7-5-4-6-16(14)17/h4-9,12-14,18H,10-11H2,1-3H3. The molecule has 0 radical (unpaired) electrons. The van der Waals surface area contributed by atoms with Gasteiger partial charge in [0.15, 0.2) is 0 Å². The van der Waals surface area contributed by atoms with E-state index in [0.717, 1.165) is 6.42 Å². The van der Waals surface area contributed by atoms with Crippen molar-refractivity contribution in [1.29, 1.82) is 0 Å². The molecule has 1 aromatic carbocycles. The van der Waals surface area contributed by atoms with Gasteiger partial charge in [0, 0.05) is 24.0 Å². The fourth-order valence-corrected chi connectivity index (χ4v) is 3.08. The van der Waals surface area contributed by atoms with Gasteiger partial charge in [-0.05, 0) is 57.2 Å². The van der Waals surface area contributed by atoms with Crippen LogP contribution in [0.4, 0.5) is 5.69 Å². The van der Waals surface area contributed by atoms with Gasteiger partial charge in [0.25, 0.3) is 0 Å². The molecule has 0 spiro atoms. The Morgan fingerprint density at radius 3 is 2.85 bits per heavy atom. The number of nitrogens with one attached hydrogen (secondary N) is 1. The highest BCUT2D eigenvalue weighted by Gasteiger charge is 2.24. The minimum absolute atomic E-state index is 0.433. The Morgan fingerprint density at radius 2 is 2.10 bits per heavy atom. The molecule has 1 N–H and O–H groups in total. The Kier molecular flexibility index (Phi) is 3.51. The number of para-hydroxylation sites is 1. The van der Waals surface area contributed by atoms with Crippen LogP contribution in [0.5, 0.6) is 0 Å². The van der Waals surface area contributed by atoms with E-state index < -0.39 is 0 Å². The third-order valence-corrected chi connectivity index (χ3v) is 4.09. The monoisotopic (exact) mass is 269 g/mol. The average Bonchev–Trinajstić information content (AvgIpc) is 2.87. The van der Waals surface area contributed by atoms with Crippen LogP contribution in [0.3, 0.4) is 0 Å². The number of hydrogen-bond acceptors (Lipinski definition) is 2. The van der Waals surface area contributed by atoms with Crippen molar-refractivity contribution in [1.82, 2.24) is 9.78 Å². The van der Waals surface area contributed by atoms with E-state index in [1.165, 1.54) is 23.4 Å². The number of rotatable bonds is 3. The second-order valence-electron chi connectivity index (χ2n) is 6.15. The molecule has 0 saturated carbocycles. The number of anilines is 1. The topological polar surface area (TPSA) is 29.9 Å². The van der Waals surface area contributed by atoms with Gasteiger partial charge in [-0.3, -0.25) is 4.68 Å². The molecule has 20 heavy (non-hydrogen) atoms. The molecule has 0 bridgehead atoms. The van der Waals surface area contributed by atoms with Crippen LogP contribution in [0, 0.1) is 0 Å². The SMILES string of the molecule is CC1CC(Cc2ccn(C(C)C)n2)c2ccccc2N1. The van der Waals surface area contributed by atoms with Crippen LogP contribution in [-0.4, -0.2) is 15.8 Å². The van der Waals surface area contributed by atoms with Crippen LogP contribution in [0.1, 0.15) is 50.4 Å². The van der Waals surface area contributed by atoms with Crippen LogP contribution in [-0.2, 0) is 6.42 Å². The first-order chi connectivity index (χ1) is 9.63. The summed E-state index contributed by atoms with van der Waals surface area (Å²) in [4.78, 5) is 0. The van der Waals surface area contributed by atoms with Gasteiger partial charge in [0.2, 0.25) is 0 Å². The summed E-state index contributed by atoms with van der Waals surface area (Å²) >= 11 is 0. The first-order valence-corrected chi connectivity index (χ1v) is 7.53. The minimum Gasteiger partial charge on any atom is -0.382 e. The first kappa shape index (κ1) is 13.2. The second kappa shape index (κ2) is 5.31. The number of aromatic nitrogens is 2. The first-order valence-electron chi connectivity index (χ1n) is 7.53. The van der Waals surface area contributed by atoms with Crippen molar-refractivity contribution in [3.8, 4) is 0 Å². The predicted octanol–water partition coefficient (Wildman–Crippen LogP) is 3.99. The molecule has 2 aromatic rings. The molecule has 0 amide bonds. The van der Waals surface area contributed by atoms with E-state index in [-0.39, 0.29) is 0 Å². The van der Waals surface area contributed by atoms with Gasteiger partial charge in [-0.15, -0.1) is 0 Å². The molecule has 3 rings (SSSR count). The lowest BCUT2D eigenvalue weighted by molar-refractivity contribution is 0.509. The van der Waals surface area contributed by atoms with Crippen molar-refractivity contribution >= 4 is 5.69 Å². The molecule has 2 heterocycles. The van der Waals surface area contributed by atoms with Crippen molar-refractivity contribution in [3.63, 3.8) is 0 Å². The summed E-state index contributed by atoms with van der Waals surface area (Å²) < 4.78 is 2.05. The van der Waals surface area contributed by atoms with E-state index in [1.54, 1.807) is 0 Å². The van der Waals surface area contributed by atoms with E-state index >= 15 is 0 Å². The zero-order chi connectivity index (χ0) is 14.1. The van der Waals surface area contributed by atoms with E-state index in [0.29, 0.717) is 18.0 Å². The quantitative estimate of drug-likeness (QED) is 0.913. The van der Waals surface area contributed by atoms with Crippen molar-refractivity contribution in [3.05, 3.63) is 47.8 Å². The summed E-state index contributed by atoms with van der Waals surface area (Å²) in [5.41, 5.74) is 3.93. The van der Waals surface area contributed by atoms with Gasteiger partial charge in [-0.1, -0.05) is 18.2 Å². The largest absolute Gasteiger partial charge is 0.382 e. The Hall–Kier alpha value is -1.77. The molecule has 1 aliphatic heterocycles. The van der Waals surface area contributed by atoms with E-state index in [2.05, 4.69) is 62.6 Å². The van der Waals surface area contributed by atoms with Crippen LogP contribution in [0.15, 0.2) is 36.5 Å². The zero-order valence-electron chi connectivity index (χ0n) is 12.5. The molecular formula is C17H23N3. The lowest BCUT2D eigenvalue weighted by Gasteiger charge is -2.31. The molecule has 106 valence electrons. The summed E-state index contributed by atoms with van der Waals surface area (Å²) in [6.45, 7) is 6.59. The summed E-state index contributed by atoms with van der Waals surface area (Å²) in [7, 11) is 0. The molecule has 2 atom stereocenters. The van der Waals surface area contributed by atoms with Gasteiger partial charge in [-0.25, -0.2) is 0 Å². The van der Waals surface area contributed by atoms with Crippen LogP contribution < -0.4 is 5.32 Å². The predicted molar refractivity (Wildman–Crippen MR) is 83.2 cm³/mol. The highest BCUT2D eigenvalue weighted by molar-refractivity contribution is 5.55. The smallest absolute Gasteiger partial charge is 0.0630 e. The normalized spacial score (nSPS) is 21.6. The molecular weight excluding hydrogens is 246 g/mol. The van der Waals surface area contributed by atoms with Gasteiger partial charge in [-0.2, -0.15) is 5.10 Å². The molecule has 3 heteroatoms. The van der Waals surface area contributed by atoms with E-state index in [9.17, 15) is 0 Å². The summed E-state index contributed by atoms with van der Waals surface area (Å²) in [6, 6.07) is 11.8. The maximum absolute atomic E-state index is 4.70. The minimum atomic E-state index is 0.433. The Balaban J connectivity index is 1.83. The summed E-state index contributed by atoms with van der Waals surface area (Å²) in [6.07, 6.45) is 4.30. The Morgan fingerprint density at radius 1 is 1.30 bits per heavy atom. The maximum atomic E-state index is 4.70. The number of benzene rings is 1. The van der Waals surface area contributed by atoms with Gasteiger partial charge >= 0.3 is 0 Å². The Bertz CT molecular complexity index is 585. The van der Waals surface area contributed by atoms with Crippen LogP contribution in [0.2, 0.25) is 0 Å². The fraction of sp³-hybridized carbons (Fsp3) is 0.471. The summed E-state index contributed by atoms with van der Waals surface area (Å²) in [5.74, 6) is 0.568. The van der Waals surface area contributed by atoms with Gasteiger partial charge in [0.05, 0.1) is 5.69 Å². The zero-order valence-corrected chi connectivity index (χ0v) is 12.5. The van der Waals surface area contributed by atoms with Crippen molar-refractivity contribution in [2.45, 2.75) is 51.6 Å². The summed E-state index contributed by atoms with van der Waals surface area (Å²) in [5, 5.41) is 8.27. The third kappa shape index (κ3) is 2.58. The number of fused-ring (bicyclic) bond motifs is 1. The molecule has 3 nitrogen and oxygen atoms in total. The lowest BCUT2D eigenvalue weighted by atomic mass is 9.84. The average molecular weight is 269 g/mol. The van der Waals surface area contributed by atoms with Crippen molar-refractivity contribution in [2.24, 2.45) is 0 Å². The molecule has 0 saturated heterocycles. The molecule has 0 fully saturated rings. The van der Waals surface area contributed by atoms with Crippen molar-refractivity contribution < 1.29 is 0 Å². The number of nitrogens with zero attached hydrogens (tertiary/aromatic N) is 2. The molecule has 0 aliphatic carbocycles. The molecule has 1 aromatic heterocycles. The van der Waals surface area contributed by atoms with Crippen molar-refractivity contribution in [2.75, 3.05) is 5.32 Å². The van der Waals surface area contributed by atoms with Gasteiger partial charge in [0.1, 0.15) is 0 Å². The fourth-order valence-electron chi connectivity index (χ4n) is 3.08. The van der Waals surface area contributed by atoms with E-state index in [4.69, 9.17) is 5.10 Å². The van der Waals surface area contributed by atoms with E-state index in [1.807, 2.05) is 4.68 Å². The van der Waals surface area contributed by atoms with Gasteiger partial charge < -0.3 is 5.32 Å². The highest BCUT2D eigenvalue weighted by Crippen LogP contribution is 2.35. The number of hydrogen-bond donors (Lipinski definition) is 1.